The van der Waals surface area contributed by atoms with Crippen LogP contribution in [0.2, 0.25) is 0 Å². The van der Waals surface area contributed by atoms with Gasteiger partial charge in [-0.05, 0) is 122 Å². The van der Waals surface area contributed by atoms with Gasteiger partial charge in [0.1, 0.15) is 11.2 Å². The van der Waals surface area contributed by atoms with E-state index in [9.17, 15) is 0 Å². The molecule has 0 bridgehead atoms. The van der Waals surface area contributed by atoms with E-state index in [1.165, 1.54) is 71.3 Å². The maximum atomic E-state index is 6.46. The zero-order chi connectivity index (χ0) is 46.8. The van der Waals surface area contributed by atoms with E-state index in [4.69, 9.17) is 4.42 Å². The van der Waals surface area contributed by atoms with Crippen molar-refractivity contribution in [2.24, 2.45) is 0 Å². The van der Waals surface area contributed by atoms with Gasteiger partial charge in [-0.2, -0.15) is 0 Å². The zero-order valence-corrected chi connectivity index (χ0v) is 38.7. The third-order valence-corrected chi connectivity index (χ3v) is 14.4. The van der Waals surface area contributed by atoms with Gasteiger partial charge in [-0.25, -0.2) is 0 Å². The number of nitrogens with zero attached hydrogens (tertiary/aromatic N) is 2. The number of benzene rings is 12. The average Bonchev–Trinajstić information content (AvgIpc) is 4.00. The molecule has 12 aromatic carbocycles. The molecule has 2 heterocycles. The molecule has 0 saturated heterocycles. The van der Waals surface area contributed by atoms with Crippen LogP contribution < -0.4 is 4.90 Å². The highest BCUT2D eigenvalue weighted by molar-refractivity contribution is 6.11. The van der Waals surface area contributed by atoms with Gasteiger partial charge < -0.3 is 13.9 Å². The van der Waals surface area contributed by atoms with Crippen LogP contribution in [-0.4, -0.2) is 4.57 Å². The molecule has 2 aromatic heterocycles. The van der Waals surface area contributed by atoms with E-state index in [-0.39, 0.29) is 0 Å². The number of hydrogen-bond donors (Lipinski definition) is 0. The molecule has 3 nitrogen and oxygen atoms in total. The molecule has 14 aromatic rings. The van der Waals surface area contributed by atoms with Crippen molar-refractivity contribution in [2.75, 3.05) is 4.90 Å². The van der Waals surface area contributed by atoms with Crippen LogP contribution >= 0.6 is 0 Å². The van der Waals surface area contributed by atoms with Crippen LogP contribution in [0.5, 0.6) is 0 Å². The summed E-state index contributed by atoms with van der Waals surface area (Å²) in [5.74, 6) is 0. The fourth-order valence-corrected chi connectivity index (χ4v) is 10.9. The summed E-state index contributed by atoms with van der Waals surface area (Å²) in [5, 5.41) is 9.83. The predicted molar refractivity (Wildman–Crippen MR) is 299 cm³/mol. The minimum atomic E-state index is 0.901. The summed E-state index contributed by atoms with van der Waals surface area (Å²) < 4.78 is 8.87. The van der Waals surface area contributed by atoms with Crippen molar-refractivity contribution in [3.05, 3.63) is 267 Å². The smallest absolute Gasteiger partial charge is 0.143 e. The molecule has 0 N–H and O–H groups in total. The van der Waals surface area contributed by atoms with Crippen LogP contribution in [0.15, 0.2) is 271 Å². The molecule has 0 amide bonds. The molecule has 0 aliphatic rings. The Morgan fingerprint density at radius 1 is 0.282 bits per heavy atom. The average molecular weight is 905 g/mol. The van der Waals surface area contributed by atoms with E-state index in [0.29, 0.717) is 0 Å². The number of rotatable bonds is 8. The number of aromatic nitrogens is 1. The fraction of sp³-hybridized carbons (Fsp3) is 0. The number of para-hydroxylation sites is 5. The summed E-state index contributed by atoms with van der Waals surface area (Å²) >= 11 is 0. The standard InChI is InChI=1S/C68H44N2O/c1-2-13-56-48(12-1)28-29-52-44-51(36-43-57(52)56)47-32-39-54(40-33-47)69(55-41-34-50(35-42-55)59-18-11-19-63-62-17-6-10-23-67(62)71-68(59)63)53-37-30-46(31-38-53)45-24-26-49(27-25-45)58-14-3-7-20-64(58)70-65-21-8-4-15-60(65)61-16-5-9-22-66(61)70/h1-44H. The second kappa shape index (κ2) is 16.7. The molecule has 0 saturated carbocycles. The first-order valence-corrected chi connectivity index (χ1v) is 24.3. The first-order valence-electron chi connectivity index (χ1n) is 24.3. The highest BCUT2D eigenvalue weighted by Gasteiger charge is 2.18. The molecular weight excluding hydrogens is 861 g/mol. The second-order valence-corrected chi connectivity index (χ2v) is 18.4. The van der Waals surface area contributed by atoms with Crippen LogP contribution in [0.3, 0.4) is 0 Å². The molecule has 0 aliphatic carbocycles. The summed E-state index contributed by atoms with van der Waals surface area (Å²) in [4.78, 5) is 2.35. The Morgan fingerprint density at radius 3 is 1.42 bits per heavy atom. The quantitative estimate of drug-likeness (QED) is 0.142. The Balaban J connectivity index is 0.809. The van der Waals surface area contributed by atoms with Crippen molar-refractivity contribution in [1.82, 2.24) is 4.57 Å². The van der Waals surface area contributed by atoms with E-state index in [2.05, 4.69) is 264 Å². The van der Waals surface area contributed by atoms with Gasteiger partial charge in [-0.1, -0.05) is 200 Å². The molecule has 71 heavy (non-hydrogen) atoms. The highest BCUT2D eigenvalue weighted by Crippen LogP contribution is 2.42. The van der Waals surface area contributed by atoms with Crippen molar-refractivity contribution in [1.29, 1.82) is 0 Å². The van der Waals surface area contributed by atoms with Gasteiger partial charge in [-0.3, -0.25) is 0 Å². The lowest BCUT2D eigenvalue weighted by Crippen LogP contribution is -2.09. The molecular formula is C68H44N2O. The van der Waals surface area contributed by atoms with Crippen LogP contribution in [0.4, 0.5) is 17.1 Å². The van der Waals surface area contributed by atoms with Crippen LogP contribution in [-0.2, 0) is 0 Å². The largest absolute Gasteiger partial charge is 0.455 e. The van der Waals surface area contributed by atoms with Crippen LogP contribution in [0, 0.1) is 0 Å². The van der Waals surface area contributed by atoms with Crippen molar-refractivity contribution < 1.29 is 4.42 Å². The Bertz CT molecular complexity index is 4260. The maximum absolute atomic E-state index is 6.46. The molecule has 0 spiro atoms. The van der Waals surface area contributed by atoms with Gasteiger partial charge in [0.25, 0.3) is 0 Å². The lowest BCUT2D eigenvalue weighted by Gasteiger charge is -2.26. The van der Waals surface area contributed by atoms with Gasteiger partial charge in [0, 0.05) is 49.7 Å². The molecule has 0 unspecified atom stereocenters. The summed E-state index contributed by atoms with van der Waals surface area (Å²) in [5.41, 5.74) is 17.8. The maximum Gasteiger partial charge on any atom is 0.143 e. The molecule has 14 rings (SSSR count). The first-order chi connectivity index (χ1) is 35.2. The summed E-state index contributed by atoms with van der Waals surface area (Å²) in [6.07, 6.45) is 0. The van der Waals surface area contributed by atoms with Crippen molar-refractivity contribution in [2.45, 2.75) is 0 Å². The van der Waals surface area contributed by atoms with Gasteiger partial charge in [-0.15, -0.1) is 0 Å². The molecule has 3 heteroatoms. The molecule has 0 radical (unpaired) electrons. The summed E-state index contributed by atoms with van der Waals surface area (Å²) in [6, 6.07) is 96.6. The third kappa shape index (κ3) is 6.89. The van der Waals surface area contributed by atoms with E-state index in [0.717, 1.165) is 61.3 Å². The normalized spacial score (nSPS) is 11.7. The minimum Gasteiger partial charge on any atom is -0.455 e. The number of fused-ring (bicyclic) bond motifs is 9. The van der Waals surface area contributed by atoms with Crippen molar-refractivity contribution in [3.63, 3.8) is 0 Å². The molecule has 332 valence electrons. The molecule has 0 aliphatic heterocycles. The van der Waals surface area contributed by atoms with Gasteiger partial charge in [0.2, 0.25) is 0 Å². The number of hydrogen-bond acceptors (Lipinski definition) is 2. The van der Waals surface area contributed by atoms with E-state index >= 15 is 0 Å². The second-order valence-electron chi connectivity index (χ2n) is 18.4. The minimum absolute atomic E-state index is 0.901. The third-order valence-electron chi connectivity index (χ3n) is 14.4. The Kier molecular flexibility index (Phi) is 9.53. The topological polar surface area (TPSA) is 21.3 Å². The van der Waals surface area contributed by atoms with Gasteiger partial charge in [0.05, 0.1) is 16.7 Å². The SMILES string of the molecule is c1ccc(-n2c3ccccc3c3ccccc32)c(-c2ccc(-c3ccc(N(c4ccc(-c5ccc6c(ccc7ccccc76)c5)cc4)c4ccc(-c5cccc6c5oc5ccccc56)cc4)cc3)cc2)c1. The Morgan fingerprint density at radius 2 is 0.732 bits per heavy atom. The molecule has 0 atom stereocenters. The van der Waals surface area contributed by atoms with Crippen LogP contribution in [0.25, 0.3) is 115 Å². The molecule has 0 fully saturated rings. The first kappa shape index (κ1) is 40.6. The Hall–Kier alpha value is -9.44. The zero-order valence-electron chi connectivity index (χ0n) is 38.7. The van der Waals surface area contributed by atoms with Gasteiger partial charge in [0.15, 0.2) is 0 Å². The van der Waals surface area contributed by atoms with Crippen LogP contribution in [0.1, 0.15) is 0 Å². The van der Waals surface area contributed by atoms with E-state index in [1.54, 1.807) is 0 Å². The predicted octanol–water partition coefficient (Wildman–Crippen LogP) is 19.1. The highest BCUT2D eigenvalue weighted by atomic mass is 16.3. The Labute approximate surface area is 411 Å². The fourth-order valence-electron chi connectivity index (χ4n) is 10.9. The van der Waals surface area contributed by atoms with Crippen molar-refractivity contribution in [3.8, 4) is 50.2 Å². The van der Waals surface area contributed by atoms with E-state index < -0.39 is 0 Å². The van der Waals surface area contributed by atoms with Crippen molar-refractivity contribution >= 4 is 82.4 Å². The van der Waals surface area contributed by atoms with Gasteiger partial charge >= 0.3 is 0 Å². The lowest BCUT2D eigenvalue weighted by molar-refractivity contribution is 0.670. The number of furan rings is 1. The monoisotopic (exact) mass is 904 g/mol. The number of anilines is 3. The lowest BCUT2D eigenvalue weighted by atomic mass is 9.97. The van der Waals surface area contributed by atoms with E-state index in [1.807, 2.05) is 12.1 Å². The summed E-state index contributed by atoms with van der Waals surface area (Å²) in [6.45, 7) is 0. The summed E-state index contributed by atoms with van der Waals surface area (Å²) in [7, 11) is 0.